The molecule has 0 saturated heterocycles. The number of hydrogen-bond acceptors (Lipinski definition) is 2. The summed E-state index contributed by atoms with van der Waals surface area (Å²) in [6.07, 6.45) is -0.130. The van der Waals surface area contributed by atoms with Crippen LogP contribution in [0, 0.1) is 11.8 Å². The third kappa shape index (κ3) is 6.42. The van der Waals surface area contributed by atoms with Gasteiger partial charge in [-0.15, -0.1) is 0 Å². The van der Waals surface area contributed by atoms with Crippen LogP contribution in [-0.4, -0.2) is 21.6 Å². The van der Waals surface area contributed by atoms with Crippen LogP contribution in [0.15, 0.2) is 60.8 Å². The van der Waals surface area contributed by atoms with Crippen molar-refractivity contribution in [3.05, 3.63) is 88.7 Å². The zero-order valence-corrected chi connectivity index (χ0v) is 20.9. The molecule has 0 spiro atoms. The summed E-state index contributed by atoms with van der Waals surface area (Å²) in [5, 5.41) is 11.7. The van der Waals surface area contributed by atoms with Crippen molar-refractivity contribution in [2.75, 3.05) is 5.32 Å². The summed E-state index contributed by atoms with van der Waals surface area (Å²) in [5.41, 5.74) is 1.54. The van der Waals surface area contributed by atoms with Gasteiger partial charge in [-0.05, 0) is 66.8 Å². The number of aromatic nitrogens is 1. The van der Waals surface area contributed by atoms with Crippen LogP contribution in [0.25, 0.3) is 0 Å². The van der Waals surface area contributed by atoms with Gasteiger partial charge in [0.1, 0.15) is 0 Å². The van der Waals surface area contributed by atoms with Crippen LogP contribution in [0.3, 0.4) is 0 Å². The van der Waals surface area contributed by atoms with E-state index in [9.17, 15) is 27.9 Å². The molecule has 1 aliphatic carbocycles. The lowest BCUT2D eigenvalue weighted by atomic mass is 10.0. The minimum Gasteiger partial charge on any atom is -0.481 e. The number of nitrogens with zero attached hydrogens (tertiary/aromatic N) is 1. The second-order valence-electron chi connectivity index (χ2n) is 10.1. The van der Waals surface area contributed by atoms with Crippen molar-refractivity contribution in [2.24, 2.45) is 11.8 Å². The first kappa shape index (κ1) is 26.5. The van der Waals surface area contributed by atoms with Crippen LogP contribution in [0.2, 0.25) is 0 Å². The second kappa shape index (κ2) is 10.8. The summed E-state index contributed by atoms with van der Waals surface area (Å²) >= 11 is 0. The summed E-state index contributed by atoms with van der Waals surface area (Å²) < 4.78 is 43.2. The number of carbonyl (C=O) groups excluding carboxylic acids is 1. The molecule has 1 saturated carbocycles. The fraction of sp³-hybridized carbons (Fsp3) is 0.379. The highest BCUT2D eigenvalue weighted by Gasteiger charge is 2.45. The molecule has 1 amide bonds. The van der Waals surface area contributed by atoms with E-state index in [1.807, 2.05) is 42.8 Å². The molecule has 196 valence electrons. The average Bonchev–Trinajstić information content (AvgIpc) is 3.55. The molecule has 1 heterocycles. The summed E-state index contributed by atoms with van der Waals surface area (Å²) in [6, 6.07) is 15.2. The Morgan fingerprint density at radius 1 is 1.11 bits per heavy atom. The number of nitrogens with one attached hydrogen (secondary N) is 1. The zero-order chi connectivity index (χ0) is 26.7. The Hall–Kier alpha value is -3.55. The van der Waals surface area contributed by atoms with E-state index in [0.29, 0.717) is 30.5 Å². The standard InChI is InChI=1S/C29H31F3N2O3/c1-18(2)15-26-21(12-14-34(26)13-6-9-19-7-4-3-5-8-19)27(35)33-25-16-20(22-17-23(22)28(36)37)10-11-24(25)29(30,31)32/h3-5,7-8,10-12,14,16,18,22-23H,6,9,13,15,17H2,1-2H3,(H,33,35)(H,36,37)/t22-,23-/m1/s1. The summed E-state index contributed by atoms with van der Waals surface area (Å²) in [5.74, 6) is -2.29. The van der Waals surface area contributed by atoms with E-state index < -0.39 is 29.5 Å². The number of aliphatic carboxylic acids is 1. The number of alkyl halides is 3. The van der Waals surface area contributed by atoms with Gasteiger partial charge in [-0.2, -0.15) is 13.2 Å². The minimum atomic E-state index is -4.67. The molecule has 5 nitrogen and oxygen atoms in total. The smallest absolute Gasteiger partial charge is 0.418 e. The lowest BCUT2D eigenvalue weighted by Crippen LogP contribution is -2.19. The number of carboxylic acids is 1. The molecule has 0 radical (unpaired) electrons. The first-order valence-corrected chi connectivity index (χ1v) is 12.5. The third-order valence-corrected chi connectivity index (χ3v) is 6.77. The van der Waals surface area contributed by atoms with E-state index in [1.54, 1.807) is 6.07 Å². The molecule has 1 aromatic heterocycles. The van der Waals surface area contributed by atoms with Crippen molar-refractivity contribution in [3.63, 3.8) is 0 Å². The van der Waals surface area contributed by atoms with Crippen LogP contribution in [0.1, 0.15) is 65.3 Å². The molecule has 37 heavy (non-hydrogen) atoms. The number of halogens is 3. The second-order valence-corrected chi connectivity index (χ2v) is 10.1. The van der Waals surface area contributed by atoms with Crippen molar-refractivity contribution >= 4 is 17.6 Å². The number of aryl methyl sites for hydroxylation is 2. The molecule has 1 fully saturated rings. The molecule has 0 bridgehead atoms. The van der Waals surface area contributed by atoms with E-state index in [1.165, 1.54) is 17.7 Å². The number of anilines is 1. The number of hydrogen-bond donors (Lipinski definition) is 2. The van der Waals surface area contributed by atoms with Crippen LogP contribution in [0.5, 0.6) is 0 Å². The Morgan fingerprint density at radius 3 is 2.46 bits per heavy atom. The topological polar surface area (TPSA) is 71.3 Å². The van der Waals surface area contributed by atoms with Crippen molar-refractivity contribution in [1.82, 2.24) is 4.57 Å². The van der Waals surface area contributed by atoms with Crippen molar-refractivity contribution in [1.29, 1.82) is 0 Å². The van der Waals surface area contributed by atoms with Gasteiger partial charge in [0.15, 0.2) is 0 Å². The van der Waals surface area contributed by atoms with Crippen molar-refractivity contribution < 1.29 is 27.9 Å². The quantitative estimate of drug-likeness (QED) is 0.315. The van der Waals surface area contributed by atoms with Gasteiger partial charge in [-0.1, -0.05) is 50.2 Å². The molecule has 8 heteroatoms. The van der Waals surface area contributed by atoms with Crippen LogP contribution in [-0.2, 0) is 30.4 Å². The fourth-order valence-corrected chi connectivity index (χ4v) is 4.80. The van der Waals surface area contributed by atoms with Gasteiger partial charge in [0, 0.05) is 18.4 Å². The van der Waals surface area contributed by atoms with Crippen LogP contribution < -0.4 is 5.32 Å². The SMILES string of the molecule is CC(C)Cc1c(C(=O)Nc2cc([C@H]3C[C@H]3C(=O)O)ccc2C(F)(F)F)ccn1CCCc1ccccc1. The highest BCUT2D eigenvalue weighted by Crippen LogP contribution is 2.49. The Morgan fingerprint density at radius 2 is 1.84 bits per heavy atom. The maximum Gasteiger partial charge on any atom is 0.418 e. The Bertz CT molecular complexity index is 1270. The van der Waals surface area contributed by atoms with Gasteiger partial charge in [0.2, 0.25) is 0 Å². The van der Waals surface area contributed by atoms with E-state index >= 15 is 0 Å². The van der Waals surface area contributed by atoms with Crippen molar-refractivity contribution in [2.45, 2.75) is 58.2 Å². The van der Waals surface area contributed by atoms with Gasteiger partial charge in [0.05, 0.1) is 22.7 Å². The van der Waals surface area contributed by atoms with Crippen LogP contribution in [0.4, 0.5) is 18.9 Å². The normalized spacial score (nSPS) is 17.1. The highest BCUT2D eigenvalue weighted by molar-refractivity contribution is 6.05. The molecular formula is C29H31F3N2O3. The molecule has 2 atom stereocenters. The predicted molar refractivity (Wildman–Crippen MR) is 136 cm³/mol. The molecule has 4 rings (SSSR count). The largest absolute Gasteiger partial charge is 0.481 e. The maximum absolute atomic E-state index is 13.7. The Kier molecular flexibility index (Phi) is 7.76. The highest BCUT2D eigenvalue weighted by atomic mass is 19.4. The molecule has 0 aliphatic heterocycles. The molecule has 2 N–H and O–H groups in total. The van der Waals surface area contributed by atoms with Gasteiger partial charge in [-0.3, -0.25) is 9.59 Å². The van der Waals surface area contributed by atoms with E-state index in [2.05, 4.69) is 17.4 Å². The number of amides is 1. The molecular weight excluding hydrogens is 481 g/mol. The lowest BCUT2D eigenvalue weighted by molar-refractivity contribution is -0.139. The summed E-state index contributed by atoms with van der Waals surface area (Å²) in [4.78, 5) is 24.5. The minimum absolute atomic E-state index is 0.242. The van der Waals surface area contributed by atoms with E-state index in [-0.39, 0.29) is 17.5 Å². The molecule has 0 unspecified atom stereocenters. The summed E-state index contributed by atoms with van der Waals surface area (Å²) in [6.45, 7) is 4.75. The average molecular weight is 513 g/mol. The fourth-order valence-electron chi connectivity index (χ4n) is 4.80. The number of carbonyl (C=O) groups is 2. The first-order chi connectivity index (χ1) is 17.5. The van der Waals surface area contributed by atoms with Gasteiger partial charge in [0.25, 0.3) is 5.91 Å². The third-order valence-electron chi connectivity index (χ3n) is 6.77. The number of rotatable bonds is 10. The monoisotopic (exact) mass is 512 g/mol. The van der Waals surface area contributed by atoms with E-state index in [4.69, 9.17) is 0 Å². The predicted octanol–water partition coefficient (Wildman–Crippen LogP) is 6.78. The summed E-state index contributed by atoms with van der Waals surface area (Å²) in [7, 11) is 0. The van der Waals surface area contributed by atoms with Crippen molar-refractivity contribution in [3.8, 4) is 0 Å². The Balaban J connectivity index is 1.56. The Labute approximate surface area is 214 Å². The first-order valence-electron chi connectivity index (χ1n) is 12.5. The lowest BCUT2D eigenvalue weighted by Gasteiger charge is -2.17. The van der Waals surface area contributed by atoms with Gasteiger partial charge in [-0.25, -0.2) is 0 Å². The van der Waals surface area contributed by atoms with Crippen LogP contribution >= 0.6 is 0 Å². The molecule has 3 aromatic rings. The number of carboxylic acid groups (broad SMARTS) is 1. The van der Waals surface area contributed by atoms with Gasteiger partial charge < -0.3 is 15.0 Å². The molecule has 1 aliphatic rings. The number of benzene rings is 2. The zero-order valence-electron chi connectivity index (χ0n) is 20.9. The maximum atomic E-state index is 13.7. The van der Waals surface area contributed by atoms with Gasteiger partial charge >= 0.3 is 12.1 Å². The van der Waals surface area contributed by atoms with E-state index in [0.717, 1.165) is 24.6 Å². The molecule has 2 aromatic carbocycles.